The zero-order valence-electron chi connectivity index (χ0n) is 19.2. The van der Waals surface area contributed by atoms with Gasteiger partial charge >= 0.3 is 0 Å². The number of benzene rings is 3. The van der Waals surface area contributed by atoms with Crippen molar-refractivity contribution in [2.45, 2.75) is 50.4 Å². The maximum atomic E-state index is 13.0. The average molecular weight is 448 g/mol. The normalized spacial score (nSPS) is 11.3. The second kappa shape index (κ2) is 12.9. The first-order valence-electron chi connectivity index (χ1n) is 11.9. The summed E-state index contributed by atoms with van der Waals surface area (Å²) in [6.07, 6.45) is 5.41. The highest BCUT2D eigenvalue weighted by atomic mass is 19.1. The van der Waals surface area contributed by atoms with Crippen LogP contribution in [0.3, 0.4) is 0 Å². The Hall–Kier alpha value is -2.98. The lowest BCUT2D eigenvalue weighted by Crippen LogP contribution is -2.31. The van der Waals surface area contributed by atoms with Gasteiger partial charge in [0.25, 0.3) is 0 Å². The van der Waals surface area contributed by atoms with Crippen molar-refractivity contribution < 1.29 is 14.3 Å². The Morgan fingerprint density at radius 2 is 1.36 bits per heavy atom. The van der Waals surface area contributed by atoms with Crippen molar-refractivity contribution in [3.8, 4) is 0 Å². The summed E-state index contributed by atoms with van der Waals surface area (Å²) in [5.74, 6) is -0.243. The SMILES string of the molecule is O=C(CCc1ccc(F)cc1)NCCCC(CCCCO)(c1ccccc1)c1ccccc1. The molecule has 0 aromatic heterocycles. The van der Waals surface area contributed by atoms with E-state index in [0.717, 1.165) is 37.7 Å². The van der Waals surface area contributed by atoms with Crippen LogP contribution in [-0.2, 0) is 16.6 Å². The van der Waals surface area contributed by atoms with Gasteiger partial charge in [-0.1, -0.05) is 72.8 Å². The van der Waals surface area contributed by atoms with E-state index < -0.39 is 0 Å². The minimum Gasteiger partial charge on any atom is -0.396 e. The first-order chi connectivity index (χ1) is 16.1. The maximum absolute atomic E-state index is 13.0. The molecule has 3 aromatic rings. The molecule has 3 nitrogen and oxygen atoms in total. The summed E-state index contributed by atoms with van der Waals surface area (Å²) in [6.45, 7) is 0.813. The second-order valence-corrected chi connectivity index (χ2v) is 8.57. The molecule has 0 saturated carbocycles. The number of hydrogen-bond acceptors (Lipinski definition) is 2. The third-order valence-electron chi connectivity index (χ3n) is 6.32. The molecular weight excluding hydrogens is 413 g/mol. The van der Waals surface area contributed by atoms with E-state index in [1.165, 1.54) is 23.3 Å². The third kappa shape index (κ3) is 7.26. The quantitative estimate of drug-likeness (QED) is 0.325. The summed E-state index contributed by atoms with van der Waals surface area (Å²) in [5.41, 5.74) is 3.35. The van der Waals surface area contributed by atoms with Gasteiger partial charge in [-0.25, -0.2) is 4.39 Å². The highest BCUT2D eigenvalue weighted by molar-refractivity contribution is 5.76. The number of aliphatic hydroxyl groups excluding tert-OH is 1. The van der Waals surface area contributed by atoms with Gasteiger partial charge in [-0.2, -0.15) is 0 Å². The van der Waals surface area contributed by atoms with E-state index in [4.69, 9.17) is 0 Å². The van der Waals surface area contributed by atoms with Gasteiger partial charge in [0.1, 0.15) is 5.82 Å². The van der Waals surface area contributed by atoms with Gasteiger partial charge in [-0.3, -0.25) is 4.79 Å². The molecule has 0 spiro atoms. The van der Waals surface area contributed by atoms with Crippen molar-refractivity contribution in [1.82, 2.24) is 5.32 Å². The first-order valence-corrected chi connectivity index (χ1v) is 11.9. The number of amides is 1. The monoisotopic (exact) mass is 447 g/mol. The Balaban J connectivity index is 1.63. The fraction of sp³-hybridized carbons (Fsp3) is 0.345. The van der Waals surface area contributed by atoms with Crippen LogP contribution in [0, 0.1) is 5.82 Å². The minimum atomic E-state index is -0.262. The van der Waals surface area contributed by atoms with Crippen LogP contribution in [0.1, 0.15) is 55.2 Å². The summed E-state index contributed by atoms with van der Waals surface area (Å²) in [4.78, 5) is 12.3. The molecule has 0 aliphatic carbocycles. The van der Waals surface area contributed by atoms with Gasteiger partial charge in [-0.15, -0.1) is 0 Å². The molecule has 4 heteroatoms. The molecule has 0 saturated heterocycles. The van der Waals surface area contributed by atoms with Crippen LogP contribution < -0.4 is 5.32 Å². The van der Waals surface area contributed by atoms with Crippen molar-refractivity contribution in [3.05, 3.63) is 107 Å². The van der Waals surface area contributed by atoms with E-state index in [9.17, 15) is 14.3 Å². The Morgan fingerprint density at radius 1 is 0.788 bits per heavy atom. The molecule has 1 amide bonds. The molecule has 174 valence electrons. The smallest absolute Gasteiger partial charge is 0.220 e. The van der Waals surface area contributed by atoms with Crippen molar-refractivity contribution >= 4 is 5.91 Å². The van der Waals surface area contributed by atoms with Gasteiger partial charge in [-0.05, 0) is 67.3 Å². The van der Waals surface area contributed by atoms with E-state index in [2.05, 4.69) is 53.8 Å². The van der Waals surface area contributed by atoms with Crippen molar-refractivity contribution in [2.75, 3.05) is 13.2 Å². The molecular formula is C29H34FNO2. The molecule has 0 aliphatic heterocycles. The fourth-order valence-corrected chi connectivity index (χ4v) is 4.54. The molecule has 0 fully saturated rings. The van der Waals surface area contributed by atoms with E-state index in [0.29, 0.717) is 19.4 Å². The molecule has 0 radical (unpaired) electrons. The van der Waals surface area contributed by atoms with Crippen molar-refractivity contribution in [1.29, 1.82) is 0 Å². The zero-order chi connectivity index (χ0) is 23.4. The van der Waals surface area contributed by atoms with E-state index in [-0.39, 0.29) is 23.7 Å². The predicted octanol–water partition coefficient (Wildman–Crippen LogP) is 5.80. The molecule has 3 aromatic carbocycles. The van der Waals surface area contributed by atoms with Crippen LogP contribution in [0.4, 0.5) is 4.39 Å². The number of unbranched alkanes of at least 4 members (excludes halogenated alkanes) is 1. The zero-order valence-corrected chi connectivity index (χ0v) is 19.2. The predicted molar refractivity (Wildman–Crippen MR) is 132 cm³/mol. The molecule has 33 heavy (non-hydrogen) atoms. The van der Waals surface area contributed by atoms with Crippen LogP contribution >= 0.6 is 0 Å². The Labute approximate surface area is 196 Å². The number of aliphatic hydroxyl groups is 1. The van der Waals surface area contributed by atoms with E-state index >= 15 is 0 Å². The number of carbonyl (C=O) groups is 1. The maximum Gasteiger partial charge on any atom is 0.220 e. The number of nitrogens with one attached hydrogen (secondary N) is 1. The third-order valence-corrected chi connectivity index (χ3v) is 6.32. The second-order valence-electron chi connectivity index (χ2n) is 8.57. The minimum absolute atomic E-state index is 0.0182. The van der Waals surface area contributed by atoms with Crippen LogP contribution in [0.25, 0.3) is 0 Å². The van der Waals surface area contributed by atoms with Crippen LogP contribution in [0.5, 0.6) is 0 Å². The van der Waals surface area contributed by atoms with Gasteiger partial charge < -0.3 is 10.4 Å². The summed E-state index contributed by atoms with van der Waals surface area (Å²) in [7, 11) is 0. The molecule has 3 rings (SSSR count). The summed E-state index contributed by atoms with van der Waals surface area (Å²) in [6, 6.07) is 27.4. The summed E-state index contributed by atoms with van der Waals surface area (Å²) < 4.78 is 13.0. The standard InChI is InChI=1S/C29H34FNO2/c30-27-17-14-24(15-18-27)16-19-28(33)31-22-9-21-29(20-7-8-23-32,25-10-3-1-4-11-25)26-12-5-2-6-13-26/h1-6,10-15,17-18,32H,7-9,16,19-23H2,(H,31,33). The molecule has 0 bridgehead atoms. The summed E-state index contributed by atoms with van der Waals surface area (Å²) >= 11 is 0. The van der Waals surface area contributed by atoms with Gasteiger partial charge in [0, 0.05) is 25.0 Å². The topological polar surface area (TPSA) is 49.3 Å². The number of hydrogen-bond donors (Lipinski definition) is 2. The van der Waals surface area contributed by atoms with Crippen LogP contribution in [0.2, 0.25) is 0 Å². The van der Waals surface area contributed by atoms with Crippen LogP contribution in [-0.4, -0.2) is 24.2 Å². The molecule has 0 unspecified atom stereocenters. The van der Waals surface area contributed by atoms with Gasteiger partial charge in [0.15, 0.2) is 0 Å². The fourth-order valence-electron chi connectivity index (χ4n) is 4.54. The Morgan fingerprint density at radius 3 is 1.94 bits per heavy atom. The molecule has 0 atom stereocenters. The first kappa shape index (κ1) is 24.7. The number of aryl methyl sites for hydroxylation is 1. The van der Waals surface area contributed by atoms with E-state index in [1.807, 2.05) is 12.1 Å². The number of halogens is 1. The lowest BCUT2D eigenvalue weighted by Gasteiger charge is -2.36. The molecule has 2 N–H and O–H groups in total. The van der Waals surface area contributed by atoms with Gasteiger partial charge in [0.2, 0.25) is 5.91 Å². The van der Waals surface area contributed by atoms with Crippen molar-refractivity contribution in [3.63, 3.8) is 0 Å². The highest BCUT2D eigenvalue weighted by Gasteiger charge is 2.33. The largest absolute Gasteiger partial charge is 0.396 e. The van der Waals surface area contributed by atoms with Gasteiger partial charge in [0.05, 0.1) is 0 Å². The lowest BCUT2D eigenvalue weighted by atomic mass is 9.68. The number of carbonyl (C=O) groups excluding carboxylic acids is 1. The lowest BCUT2D eigenvalue weighted by molar-refractivity contribution is -0.121. The Bertz CT molecular complexity index is 918. The summed E-state index contributed by atoms with van der Waals surface area (Å²) in [5, 5.41) is 12.4. The number of rotatable bonds is 13. The van der Waals surface area contributed by atoms with Crippen molar-refractivity contribution in [2.24, 2.45) is 0 Å². The molecule has 0 aliphatic rings. The Kier molecular flexibility index (Phi) is 9.64. The average Bonchev–Trinajstić information content (AvgIpc) is 2.86. The van der Waals surface area contributed by atoms with Crippen LogP contribution in [0.15, 0.2) is 84.9 Å². The van der Waals surface area contributed by atoms with E-state index in [1.54, 1.807) is 12.1 Å². The highest BCUT2D eigenvalue weighted by Crippen LogP contribution is 2.41. The molecule has 0 heterocycles.